The van der Waals surface area contributed by atoms with Crippen molar-refractivity contribution in [3.05, 3.63) is 102 Å². The Morgan fingerprint density at radius 1 is 0.944 bits per heavy atom. The van der Waals surface area contributed by atoms with Crippen molar-refractivity contribution >= 4 is 47.8 Å². The van der Waals surface area contributed by atoms with Gasteiger partial charge in [-0.15, -0.1) is 0 Å². The Kier molecular flexibility index (Phi) is 11.7. The zero-order valence-corrected chi connectivity index (χ0v) is 31.3. The highest BCUT2D eigenvalue weighted by Crippen LogP contribution is 2.66. The van der Waals surface area contributed by atoms with Crippen LogP contribution >= 0.6 is 7.60 Å². The normalized spacial score (nSPS) is 19.3. The average Bonchev–Trinajstić information content (AvgIpc) is 3.79. The summed E-state index contributed by atoms with van der Waals surface area (Å²) in [5, 5.41) is 3.00. The SMILES string of the molecule is CCOP(=O)(OCC)C(F)(F)c1ccc2[nH]c(C(=O)N[C@H]3CN(C(=O)Cc4ccccc4)CC[C@H]4CC[C@@H](C(=O)N(C)c5ccccc5)N4C3=O)cc2c1. The maximum absolute atomic E-state index is 15.6. The molecule has 0 radical (unpaired) electrons. The molecule has 0 aliphatic carbocycles. The van der Waals surface area contributed by atoms with E-state index in [1.165, 1.54) is 30.9 Å². The van der Waals surface area contributed by atoms with Crippen LogP contribution in [0.3, 0.4) is 0 Å². The fourth-order valence-corrected chi connectivity index (χ4v) is 8.74. The van der Waals surface area contributed by atoms with E-state index >= 15 is 8.78 Å². The monoisotopic (exact) mass is 763 g/mol. The first-order valence-corrected chi connectivity index (χ1v) is 19.6. The van der Waals surface area contributed by atoms with Crippen molar-refractivity contribution in [3.63, 3.8) is 0 Å². The number of rotatable bonds is 12. The number of anilines is 1. The number of fused-ring (bicyclic) bond motifs is 2. The molecule has 4 amide bonds. The lowest BCUT2D eigenvalue weighted by Crippen LogP contribution is -2.61. The van der Waals surface area contributed by atoms with Crippen LogP contribution in [0.2, 0.25) is 0 Å². The predicted octanol–water partition coefficient (Wildman–Crippen LogP) is 6.08. The number of likely N-dealkylation sites (N-methyl/N-ethyl adjacent to an activating group) is 1. The Balaban J connectivity index is 1.28. The summed E-state index contributed by atoms with van der Waals surface area (Å²) in [7, 11) is -3.22. The third-order valence-corrected chi connectivity index (χ3v) is 12.1. The van der Waals surface area contributed by atoms with Crippen LogP contribution in [0, 0.1) is 0 Å². The minimum Gasteiger partial charge on any atom is -0.351 e. The number of alkyl halides is 2. The molecule has 286 valence electrons. The molecule has 4 aromatic rings. The van der Waals surface area contributed by atoms with E-state index in [0.717, 1.165) is 17.7 Å². The zero-order valence-electron chi connectivity index (χ0n) is 30.4. The summed E-state index contributed by atoms with van der Waals surface area (Å²) in [4.78, 5) is 63.5. The number of aromatic nitrogens is 1. The molecule has 12 nitrogen and oxygen atoms in total. The molecule has 54 heavy (non-hydrogen) atoms. The largest absolute Gasteiger partial charge is 0.404 e. The van der Waals surface area contributed by atoms with Gasteiger partial charge in [0.1, 0.15) is 17.8 Å². The molecule has 0 saturated carbocycles. The number of amides is 4. The molecule has 1 aromatic heterocycles. The predicted molar refractivity (Wildman–Crippen MR) is 199 cm³/mol. The van der Waals surface area contributed by atoms with Gasteiger partial charge in [0, 0.05) is 48.3 Å². The van der Waals surface area contributed by atoms with E-state index in [1.807, 2.05) is 48.5 Å². The summed E-state index contributed by atoms with van der Waals surface area (Å²) in [6.45, 7) is 2.53. The fourth-order valence-electron chi connectivity index (χ4n) is 7.21. The number of halogens is 2. The number of nitrogens with zero attached hydrogens (tertiary/aromatic N) is 3. The Labute approximate surface area is 312 Å². The number of hydrogen-bond acceptors (Lipinski definition) is 7. The molecule has 6 rings (SSSR count). The van der Waals surface area contributed by atoms with Gasteiger partial charge >= 0.3 is 13.3 Å². The van der Waals surface area contributed by atoms with Gasteiger partial charge in [-0.3, -0.25) is 23.7 Å². The van der Waals surface area contributed by atoms with Crippen LogP contribution in [0.4, 0.5) is 14.5 Å². The van der Waals surface area contributed by atoms with E-state index in [-0.39, 0.29) is 55.1 Å². The van der Waals surface area contributed by atoms with Crippen molar-refractivity contribution in [2.45, 2.75) is 63.3 Å². The van der Waals surface area contributed by atoms with Gasteiger partial charge < -0.3 is 34.0 Å². The minimum absolute atomic E-state index is 0.0327. The van der Waals surface area contributed by atoms with E-state index in [4.69, 9.17) is 9.05 Å². The van der Waals surface area contributed by atoms with Crippen molar-refractivity contribution in [2.75, 3.05) is 38.3 Å². The van der Waals surface area contributed by atoms with Crippen LogP contribution in [0.1, 0.15) is 54.7 Å². The Morgan fingerprint density at radius 2 is 1.61 bits per heavy atom. The molecule has 0 spiro atoms. The Bertz CT molecular complexity index is 2040. The maximum Gasteiger partial charge on any atom is 0.404 e. The summed E-state index contributed by atoms with van der Waals surface area (Å²) in [6.07, 6.45) is 1.52. The molecule has 2 N–H and O–H groups in total. The Morgan fingerprint density at radius 3 is 2.28 bits per heavy atom. The zero-order chi connectivity index (χ0) is 38.6. The molecule has 3 aromatic carbocycles. The lowest BCUT2D eigenvalue weighted by Gasteiger charge is -2.39. The molecule has 3 atom stereocenters. The number of benzene rings is 3. The number of para-hydroxylation sites is 1. The molecule has 2 saturated heterocycles. The van der Waals surface area contributed by atoms with Gasteiger partial charge in [-0.1, -0.05) is 54.6 Å². The van der Waals surface area contributed by atoms with Crippen molar-refractivity contribution in [1.82, 2.24) is 20.1 Å². The number of aromatic amines is 1. The summed E-state index contributed by atoms with van der Waals surface area (Å²) in [6, 6.07) is 20.8. The first-order chi connectivity index (χ1) is 25.9. The quantitative estimate of drug-likeness (QED) is 0.167. The summed E-state index contributed by atoms with van der Waals surface area (Å²) < 4.78 is 54.1. The van der Waals surface area contributed by atoms with Crippen molar-refractivity contribution in [1.29, 1.82) is 0 Å². The van der Waals surface area contributed by atoms with E-state index in [2.05, 4.69) is 10.3 Å². The lowest BCUT2D eigenvalue weighted by molar-refractivity contribution is -0.144. The molecular formula is C39H44F2N5O7P. The van der Waals surface area contributed by atoms with E-state index in [1.54, 1.807) is 29.0 Å². The molecule has 2 aliphatic rings. The summed E-state index contributed by atoms with van der Waals surface area (Å²) >= 11 is 0. The van der Waals surface area contributed by atoms with Gasteiger partial charge in [0.15, 0.2) is 0 Å². The highest BCUT2D eigenvalue weighted by molar-refractivity contribution is 7.54. The second-order valence-electron chi connectivity index (χ2n) is 13.4. The van der Waals surface area contributed by atoms with Crippen LogP contribution in [0.15, 0.2) is 84.9 Å². The van der Waals surface area contributed by atoms with E-state index in [0.29, 0.717) is 37.0 Å². The number of carbonyl (C=O) groups excluding carboxylic acids is 4. The van der Waals surface area contributed by atoms with E-state index < -0.39 is 42.7 Å². The first-order valence-electron chi connectivity index (χ1n) is 18.0. The minimum atomic E-state index is -4.88. The molecule has 15 heteroatoms. The average molecular weight is 764 g/mol. The molecule has 2 fully saturated rings. The number of nitrogens with one attached hydrogen (secondary N) is 2. The highest BCUT2D eigenvalue weighted by Gasteiger charge is 2.55. The van der Waals surface area contributed by atoms with Gasteiger partial charge in [0.25, 0.3) is 5.91 Å². The van der Waals surface area contributed by atoms with Crippen molar-refractivity contribution < 1.29 is 41.6 Å². The molecular weight excluding hydrogens is 719 g/mol. The van der Waals surface area contributed by atoms with Crippen LogP contribution in [0.5, 0.6) is 0 Å². The summed E-state index contributed by atoms with van der Waals surface area (Å²) in [5.41, 5.74) is -2.83. The van der Waals surface area contributed by atoms with Crippen molar-refractivity contribution in [3.8, 4) is 0 Å². The molecule has 2 aliphatic heterocycles. The van der Waals surface area contributed by atoms with Gasteiger partial charge in [-0.05, 0) is 69.0 Å². The smallest absolute Gasteiger partial charge is 0.351 e. The Hall–Kier alpha value is -4.91. The number of carbonyl (C=O) groups is 4. The van der Waals surface area contributed by atoms with Crippen LogP contribution < -0.4 is 10.2 Å². The third-order valence-electron chi connectivity index (χ3n) is 9.96. The second kappa shape index (κ2) is 16.2. The van der Waals surface area contributed by atoms with Crippen LogP contribution in [0.25, 0.3) is 10.9 Å². The number of H-pyrrole nitrogens is 1. The standard InChI is InChI=1S/C39H44F2N5O7P/c1-4-52-54(51,53-5-2)39(40,41)28-16-18-31-27(23-28)24-32(42-31)36(48)43-33-25-45(35(47)22-26-12-8-6-9-13-26)21-20-30-17-19-34(46(30)37(33)49)38(50)44(3)29-14-10-7-11-15-29/h6-16,18,23-24,30,33-34,42H,4-5,17,19-22,25H2,1-3H3,(H,43,48)/t30-,33+,34+/m1/s1. The van der Waals surface area contributed by atoms with E-state index in [9.17, 15) is 23.7 Å². The third kappa shape index (κ3) is 7.82. The van der Waals surface area contributed by atoms with Gasteiger partial charge in [-0.2, -0.15) is 8.78 Å². The first kappa shape index (κ1) is 38.8. The fraction of sp³-hybridized carbons (Fsp3) is 0.385. The maximum atomic E-state index is 15.6. The molecule has 0 unspecified atom stereocenters. The van der Waals surface area contributed by atoms with Gasteiger partial charge in [0.2, 0.25) is 17.7 Å². The van der Waals surface area contributed by atoms with Crippen LogP contribution in [-0.4, -0.2) is 89.9 Å². The lowest BCUT2D eigenvalue weighted by atomic mass is 10.1. The van der Waals surface area contributed by atoms with Crippen LogP contribution in [-0.2, 0) is 40.1 Å². The topological polar surface area (TPSA) is 141 Å². The summed E-state index contributed by atoms with van der Waals surface area (Å²) in [5.74, 6) is -1.69. The number of hydrogen-bond donors (Lipinski definition) is 2. The van der Waals surface area contributed by atoms with Gasteiger partial charge in [-0.25, -0.2) is 0 Å². The van der Waals surface area contributed by atoms with Crippen molar-refractivity contribution in [2.24, 2.45) is 0 Å². The van der Waals surface area contributed by atoms with Gasteiger partial charge in [0.05, 0.1) is 19.6 Å². The second-order valence-corrected chi connectivity index (χ2v) is 15.5. The molecule has 3 heterocycles. The molecule has 0 bridgehead atoms. The highest BCUT2D eigenvalue weighted by atomic mass is 31.2.